The lowest BCUT2D eigenvalue weighted by Crippen LogP contribution is -2.46. The SMILES string of the molecule is CN1CC[C@@](C)(C(=O)N2CCCN(C3CCCCC3)CC2)C1. The molecule has 0 aromatic rings. The predicted octanol–water partition coefficient (Wildman–Crippen LogP) is 2.20. The molecule has 2 saturated heterocycles. The molecule has 3 rings (SSSR count). The van der Waals surface area contributed by atoms with Gasteiger partial charge < -0.3 is 9.80 Å². The number of hydrogen-bond donors (Lipinski definition) is 0. The van der Waals surface area contributed by atoms with Crippen molar-refractivity contribution >= 4 is 5.91 Å². The maximum absolute atomic E-state index is 13.0. The lowest BCUT2D eigenvalue weighted by atomic mass is 9.88. The molecule has 1 saturated carbocycles. The summed E-state index contributed by atoms with van der Waals surface area (Å²) in [6.45, 7) is 8.32. The van der Waals surface area contributed by atoms with E-state index in [0.29, 0.717) is 5.91 Å². The van der Waals surface area contributed by atoms with Crippen molar-refractivity contribution in [2.45, 2.75) is 57.9 Å². The van der Waals surface area contributed by atoms with Gasteiger partial charge in [-0.15, -0.1) is 0 Å². The van der Waals surface area contributed by atoms with Crippen LogP contribution >= 0.6 is 0 Å². The second-order valence-electron chi connectivity index (χ2n) is 8.02. The van der Waals surface area contributed by atoms with Gasteiger partial charge in [0.1, 0.15) is 0 Å². The van der Waals surface area contributed by atoms with E-state index in [1.807, 2.05) is 0 Å². The Balaban J connectivity index is 1.56. The molecule has 0 spiro atoms. The van der Waals surface area contributed by atoms with Crippen LogP contribution in [-0.2, 0) is 4.79 Å². The zero-order valence-electron chi connectivity index (χ0n) is 14.5. The summed E-state index contributed by atoms with van der Waals surface area (Å²) in [6, 6.07) is 0.789. The maximum atomic E-state index is 13.0. The van der Waals surface area contributed by atoms with Crippen molar-refractivity contribution < 1.29 is 4.79 Å². The van der Waals surface area contributed by atoms with Gasteiger partial charge in [-0.3, -0.25) is 9.69 Å². The summed E-state index contributed by atoms with van der Waals surface area (Å²) in [7, 11) is 2.13. The van der Waals surface area contributed by atoms with Gasteiger partial charge in [0, 0.05) is 38.8 Å². The quantitative estimate of drug-likeness (QED) is 0.782. The van der Waals surface area contributed by atoms with Crippen molar-refractivity contribution in [2.24, 2.45) is 5.41 Å². The summed E-state index contributed by atoms with van der Waals surface area (Å²) in [5, 5.41) is 0. The van der Waals surface area contributed by atoms with Gasteiger partial charge in [0.15, 0.2) is 0 Å². The molecule has 22 heavy (non-hydrogen) atoms. The minimum atomic E-state index is -0.144. The smallest absolute Gasteiger partial charge is 0.229 e. The monoisotopic (exact) mass is 307 g/mol. The Labute approximate surface area is 135 Å². The Bertz CT molecular complexity index is 394. The van der Waals surface area contributed by atoms with Crippen molar-refractivity contribution in [1.29, 1.82) is 0 Å². The third-order valence-electron chi connectivity index (χ3n) is 6.09. The molecular formula is C18H33N3O. The summed E-state index contributed by atoms with van der Waals surface area (Å²) >= 11 is 0. The number of hydrogen-bond acceptors (Lipinski definition) is 3. The maximum Gasteiger partial charge on any atom is 0.229 e. The molecule has 0 bridgehead atoms. The van der Waals surface area contributed by atoms with Crippen LogP contribution in [-0.4, -0.2) is 73.0 Å². The van der Waals surface area contributed by atoms with E-state index < -0.39 is 0 Å². The number of amides is 1. The predicted molar refractivity (Wildman–Crippen MR) is 89.9 cm³/mol. The largest absolute Gasteiger partial charge is 0.341 e. The summed E-state index contributed by atoms with van der Waals surface area (Å²) < 4.78 is 0. The lowest BCUT2D eigenvalue weighted by molar-refractivity contribution is -0.140. The summed E-state index contributed by atoms with van der Waals surface area (Å²) in [5.74, 6) is 0.405. The third kappa shape index (κ3) is 3.48. The Hall–Kier alpha value is -0.610. The second kappa shape index (κ2) is 6.88. The first kappa shape index (κ1) is 16.3. The average molecular weight is 307 g/mol. The van der Waals surface area contributed by atoms with E-state index in [4.69, 9.17) is 0 Å². The van der Waals surface area contributed by atoms with Gasteiger partial charge in [-0.1, -0.05) is 19.3 Å². The standard InChI is InChI=1S/C18H33N3O/c1-18(9-12-19(2)15-18)17(22)21-11-6-10-20(13-14-21)16-7-4-3-5-8-16/h16H,3-15H2,1-2H3/t18-/m1/s1. The first-order valence-electron chi connectivity index (χ1n) is 9.30. The fraction of sp³-hybridized carbons (Fsp3) is 0.944. The second-order valence-corrected chi connectivity index (χ2v) is 8.02. The van der Waals surface area contributed by atoms with Gasteiger partial charge in [-0.05, 0) is 46.2 Å². The van der Waals surface area contributed by atoms with Crippen LogP contribution in [0.2, 0.25) is 0 Å². The minimum absolute atomic E-state index is 0.144. The highest BCUT2D eigenvalue weighted by molar-refractivity contribution is 5.83. The molecule has 3 fully saturated rings. The van der Waals surface area contributed by atoms with E-state index in [9.17, 15) is 4.79 Å². The molecule has 0 N–H and O–H groups in total. The van der Waals surface area contributed by atoms with E-state index in [2.05, 4.69) is 28.7 Å². The summed E-state index contributed by atoms with van der Waals surface area (Å²) in [5.41, 5.74) is -0.144. The molecule has 0 aromatic carbocycles. The topological polar surface area (TPSA) is 26.8 Å². The van der Waals surface area contributed by atoms with Crippen LogP contribution in [0.25, 0.3) is 0 Å². The molecule has 0 aromatic heterocycles. The number of rotatable bonds is 2. The van der Waals surface area contributed by atoms with Crippen molar-refractivity contribution in [1.82, 2.24) is 14.7 Å². The van der Waals surface area contributed by atoms with Crippen molar-refractivity contribution in [3.8, 4) is 0 Å². The zero-order valence-corrected chi connectivity index (χ0v) is 14.5. The summed E-state index contributed by atoms with van der Waals surface area (Å²) in [6.07, 6.45) is 9.12. The first-order chi connectivity index (χ1) is 10.6. The van der Waals surface area contributed by atoms with Crippen LogP contribution in [0.15, 0.2) is 0 Å². The molecule has 1 aliphatic carbocycles. The van der Waals surface area contributed by atoms with E-state index in [1.165, 1.54) is 38.6 Å². The molecule has 4 heteroatoms. The average Bonchev–Trinajstić information content (AvgIpc) is 2.76. The van der Waals surface area contributed by atoms with Crippen molar-refractivity contribution in [3.63, 3.8) is 0 Å². The Morgan fingerprint density at radius 3 is 2.41 bits per heavy atom. The van der Waals surface area contributed by atoms with Gasteiger partial charge in [0.2, 0.25) is 5.91 Å². The lowest BCUT2D eigenvalue weighted by Gasteiger charge is -2.34. The third-order valence-corrected chi connectivity index (χ3v) is 6.09. The Kier molecular flexibility index (Phi) is 5.08. The fourth-order valence-corrected chi connectivity index (χ4v) is 4.70. The molecule has 3 aliphatic rings. The number of carbonyl (C=O) groups is 1. The first-order valence-corrected chi connectivity index (χ1v) is 9.30. The van der Waals surface area contributed by atoms with Gasteiger partial charge in [-0.2, -0.15) is 0 Å². The van der Waals surface area contributed by atoms with Crippen molar-refractivity contribution in [2.75, 3.05) is 46.3 Å². The molecule has 1 amide bonds. The molecule has 1 atom stereocenters. The fourth-order valence-electron chi connectivity index (χ4n) is 4.70. The van der Waals surface area contributed by atoms with E-state index in [-0.39, 0.29) is 5.41 Å². The Morgan fingerprint density at radius 2 is 1.73 bits per heavy atom. The highest BCUT2D eigenvalue weighted by Gasteiger charge is 2.41. The zero-order chi connectivity index (χ0) is 15.6. The normalized spacial score (nSPS) is 33.1. The minimum Gasteiger partial charge on any atom is -0.341 e. The molecular weight excluding hydrogens is 274 g/mol. The number of likely N-dealkylation sites (tertiary alicyclic amines) is 1. The molecule has 2 aliphatic heterocycles. The number of carbonyl (C=O) groups excluding carboxylic acids is 1. The van der Waals surface area contributed by atoms with Gasteiger partial charge >= 0.3 is 0 Å². The number of nitrogens with zero attached hydrogens (tertiary/aromatic N) is 3. The molecule has 2 heterocycles. The highest BCUT2D eigenvalue weighted by atomic mass is 16.2. The highest BCUT2D eigenvalue weighted by Crippen LogP contribution is 2.32. The molecule has 4 nitrogen and oxygen atoms in total. The van der Waals surface area contributed by atoms with E-state index in [0.717, 1.165) is 51.6 Å². The van der Waals surface area contributed by atoms with E-state index >= 15 is 0 Å². The Morgan fingerprint density at radius 1 is 0.955 bits per heavy atom. The molecule has 0 unspecified atom stereocenters. The molecule has 0 radical (unpaired) electrons. The van der Waals surface area contributed by atoms with Crippen LogP contribution in [0.4, 0.5) is 0 Å². The van der Waals surface area contributed by atoms with Crippen LogP contribution in [0.5, 0.6) is 0 Å². The van der Waals surface area contributed by atoms with Gasteiger partial charge in [-0.25, -0.2) is 0 Å². The van der Waals surface area contributed by atoms with Crippen LogP contribution in [0.1, 0.15) is 51.9 Å². The van der Waals surface area contributed by atoms with Crippen LogP contribution in [0.3, 0.4) is 0 Å². The van der Waals surface area contributed by atoms with Crippen LogP contribution in [0, 0.1) is 5.41 Å². The van der Waals surface area contributed by atoms with Crippen LogP contribution < -0.4 is 0 Å². The summed E-state index contributed by atoms with van der Waals surface area (Å²) in [4.78, 5) is 20.1. The van der Waals surface area contributed by atoms with E-state index in [1.54, 1.807) is 0 Å². The van der Waals surface area contributed by atoms with Crippen molar-refractivity contribution in [3.05, 3.63) is 0 Å². The molecule has 126 valence electrons. The van der Waals surface area contributed by atoms with Gasteiger partial charge in [0.25, 0.3) is 0 Å². The van der Waals surface area contributed by atoms with Gasteiger partial charge in [0.05, 0.1) is 5.41 Å².